The van der Waals surface area contributed by atoms with E-state index in [0.29, 0.717) is 0 Å². The molecule has 3 aromatic rings. The summed E-state index contributed by atoms with van der Waals surface area (Å²) in [4.78, 5) is 8.82. The van der Waals surface area contributed by atoms with Crippen LogP contribution in [0.15, 0.2) is 36.0 Å². The van der Waals surface area contributed by atoms with Crippen molar-refractivity contribution in [3.63, 3.8) is 0 Å². The molecule has 0 fully saturated rings. The number of thiazole rings is 1. The lowest BCUT2D eigenvalue weighted by Gasteiger charge is -2.00. The fraction of sp³-hybridized carbons (Fsp3) is 0.167. The SMILES string of the molecule is Cc1nc(Cn2cnc3ccccc32)cs1. The van der Waals surface area contributed by atoms with E-state index in [9.17, 15) is 0 Å². The number of aryl methyl sites for hydroxylation is 1. The molecular weight excluding hydrogens is 218 g/mol. The van der Waals surface area contributed by atoms with Crippen LogP contribution in [0.25, 0.3) is 11.0 Å². The molecule has 4 heteroatoms. The summed E-state index contributed by atoms with van der Waals surface area (Å²) in [5.41, 5.74) is 3.30. The molecule has 0 saturated heterocycles. The third-order valence-corrected chi connectivity index (χ3v) is 3.35. The van der Waals surface area contributed by atoms with Gasteiger partial charge in [0.1, 0.15) is 0 Å². The summed E-state index contributed by atoms with van der Waals surface area (Å²) < 4.78 is 2.13. The van der Waals surface area contributed by atoms with Crippen molar-refractivity contribution in [3.05, 3.63) is 46.7 Å². The molecule has 0 amide bonds. The Hall–Kier alpha value is -1.68. The van der Waals surface area contributed by atoms with Gasteiger partial charge in [-0.25, -0.2) is 9.97 Å². The lowest BCUT2D eigenvalue weighted by Crippen LogP contribution is -1.97. The summed E-state index contributed by atoms with van der Waals surface area (Å²) in [5.74, 6) is 0. The summed E-state index contributed by atoms with van der Waals surface area (Å²) in [5, 5.41) is 3.21. The van der Waals surface area contributed by atoms with Crippen molar-refractivity contribution in [1.82, 2.24) is 14.5 Å². The highest BCUT2D eigenvalue weighted by Gasteiger charge is 2.04. The molecule has 16 heavy (non-hydrogen) atoms. The predicted octanol–water partition coefficient (Wildman–Crippen LogP) is 2.85. The molecule has 0 aliphatic carbocycles. The standard InChI is InChI=1S/C12H11N3S/c1-9-14-10(7-16-9)6-15-8-13-11-4-2-3-5-12(11)15/h2-5,7-8H,6H2,1H3. The van der Waals surface area contributed by atoms with Crippen LogP contribution in [0.3, 0.4) is 0 Å². The van der Waals surface area contributed by atoms with E-state index in [0.717, 1.165) is 28.3 Å². The maximum Gasteiger partial charge on any atom is 0.0962 e. The molecule has 0 unspecified atom stereocenters. The summed E-state index contributed by atoms with van der Waals surface area (Å²) in [6, 6.07) is 8.15. The van der Waals surface area contributed by atoms with Gasteiger partial charge in [-0.3, -0.25) is 0 Å². The number of para-hydroxylation sites is 2. The number of rotatable bonds is 2. The van der Waals surface area contributed by atoms with E-state index in [2.05, 4.69) is 26.0 Å². The third-order valence-electron chi connectivity index (χ3n) is 2.53. The van der Waals surface area contributed by atoms with E-state index in [4.69, 9.17) is 0 Å². The molecule has 0 N–H and O–H groups in total. The number of benzene rings is 1. The summed E-state index contributed by atoms with van der Waals surface area (Å²) in [6.07, 6.45) is 1.87. The first-order valence-corrected chi connectivity index (χ1v) is 6.02. The van der Waals surface area contributed by atoms with Crippen LogP contribution >= 0.6 is 11.3 Å². The van der Waals surface area contributed by atoms with Crippen LogP contribution in [0.2, 0.25) is 0 Å². The first-order chi connectivity index (χ1) is 7.83. The minimum atomic E-state index is 0.796. The zero-order chi connectivity index (χ0) is 11.0. The maximum absolute atomic E-state index is 4.46. The second kappa shape index (κ2) is 3.72. The summed E-state index contributed by atoms with van der Waals surface area (Å²) in [7, 11) is 0. The van der Waals surface area contributed by atoms with Gasteiger partial charge in [0.15, 0.2) is 0 Å². The highest BCUT2D eigenvalue weighted by atomic mass is 32.1. The molecule has 0 aliphatic rings. The Bertz CT molecular complexity index is 624. The van der Waals surface area contributed by atoms with Crippen LogP contribution < -0.4 is 0 Å². The Morgan fingerprint density at radius 1 is 1.31 bits per heavy atom. The largest absolute Gasteiger partial charge is 0.324 e. The minimum absolute atomic E-state index is 0.796. The normalized spacial score (nSPS) is 11.1. The zero-order valence-corrected chi connectivity index (χ0v) is 9.74. The van der Waals surface area contributed by atoms with Crippen LogP contribution in [0, 0.1) is 6.92 Å². The summed E-state index contributed by atoms with van der Waals surface area (Å²) >= 11 is 1.69. The molecule has 2 aromatic heterocycles. The first-order valence-electron chi connectivity index (χ1n) is 5.14. The number of hydrogen-bond donors (Lipinski definition) is 0. The van der Waals surface area contributed by atoms with Crippen LogP contribution in [0.1, 0.15) is 10.7 Å². The lowest BCUT2D eigenvalue weighted by atomic mass is 10.3. The molecule has 2 heterocycles. The molecule has 0 radical (unpaired) electrons. The predicted molar refractivity (Wildman–Crippen MR) is 65.7 cm³/mol. The van der Waals surface area contributed by atoms with Gasteiger partial charge in [0.05, 0.1) is 34.6 Å². The number of aromatic nitrogens is 3. The molecule has 3 rings (SSSR count). The van der Waals surface area contributed by atoms with Crippen LogP contribution in [-0.4, -0.2) is 14.5 Å². The highest BCUT2D eigenvalue weighted by Crippen LogP contribution is 2.15. The van der Waals surface area contributed by atoms with Gasteiger partial charge in [0, 0.05) is 5.38 Å². The van der Waals surface area contributed by atoms with Gasteiger partial charge in [-0.2, -0.15) is 0 Å². The Balaban J connectivity index is 2.00. The van der Waals surface area contributed by atoms with E-state index < -0.39 is 0 Å². The molecule has 3 nitrogen and oxygen atoms in total. The highest BCUT2D eigenvalue weighted by molar-refractivity contribution is 7.09. The van der Waals surface area contributed by atoms with Crippen molar-refractivity contribution in [2.75, 3.05) is 0 Å². The Labute approximate surface area is 97.4 Å². The van der Waals surface area contributed by atoms with E-state index in [1.807, 2.05) is 31.5 Å². The second-order valence-electron chi connectivity index (χ2n) is 3.72. The van der Waals surface area contributed by atoms with Crippen molar-refractivity contribution in [2.24, 2.45) is 0 Å². The van der Waals surface area contributed by atoms with E-state index >= 15 is 0 Å². The molecule has 0 saturated carbocycles. The number of imidazole rings is 1. The van der Waals surface area contributed by atoms with Crippen molar-refractivity contribution in [1.29, 1.82) is 0 Å². The first kappa shape index (κ1) is 9.54. The van der Waals surface area contributed by atoms with Gasteiger partial charge in [0.2, 0.25) is 0 Å². The summed E-state index contributed by atoms with van der Waals surface area (Å²) in [6.45, 7) is 2.82. The molecule has 0 spiro atoms. The Morgan fingerprint density at radius 3 is 3.00 bits per heavy atom. The maximum atomic E-state index is 4.46. The van der Waals surface area contributed by atoms with Gasteiger partial charge in [-0.05, 0) is 19.1 Å². The molecule has 80 valence electrons. The fourth-order valence-corrected chi connectivity index (χ4v) is 2.40. The van der Waals surface area contributed by atoms with Crippen LogP contribution in [-0.2, 0) is 6.54 Å². The van der Waals surface area contributed by atoms with Crippen molar-refractivity contribution in [2.45, 2.75) is 13.5 Å². The van der Waals surface area contributed by atoms with Gasteiger partial charge in [0.25, 0.3) is 0 Å². The van der Waals surface area contributed by atoms with Crippen LogP contribution in [0.5, 0.6) is 0 Å². The van der Waals surface area contributed by atoms with E-state index in [-0.39, 0.29) is 0 Å². The Kier molecular flexibility index (Phi) is 2.22. The van der Waals surface area contributed by atoms with Crippen molar-refractivity contribution >= 4 is 22.4 Å². The fourth-order valence-electron chi connectivity index (χ4n) is 1.79. The monoisotopic (exact) mass is 229 g/mol. The third kappa shape index (κ3) is 1.61. The van der Waals surface area contributed by atoms with E-state index in [1.165, 1.54) is 0 Å². The molecule has 0 atom stereocenters. The lowest BCUT2D eigenvalue weighted by molar-refractivity contribution is 0.801. The molecule has 0 bridgehead atoms. The van der Waals surface area contributed by atoms with Gasteiger partial charge < -0.3 is 4.57 Å². The van der Waals surface area contributed by atoms with Crippen molar-refractivity contribution < 1.29 is 0 Å². The number of hydrogen-bond acceptors (Lipinski definition) is 3. The average Bonchev–Trinajstić information content (AvgIpc) is 2.87. The van der Waals surface area contributed by atoms with Gasteiger partial charge >= 0.3 is 0 Å². The second-order valence-corrected chi connectivity index (χ2v) is 4.78. The zero-order valence-electron chi connectivity index (χ0n) is 8.92. The average molecular weight is 229 g/mol. The van der Waals surface area contributed by atoms with Gasteiger partial charge in [-0.15, -0.1) is 11.3 Å². The Morgan fingerprint density at radius 2 is 2.19 bits per heavy atom. The van der Waals surface area contributed by atoms with Crippen molar-refractivity contribution in [3.8, 4) is 0 Å². The topological polar surface area (TPSA) is 30.7 Å². The van der Waals surface area contributed by atoms with E-state index in [1.54, 1.807) is 11.3 Å². The molecule has 1 aromatic carbocycles. The van der Waals surface area contributed by atoms with Gasteiger partial charge in [-0.1, -0.05) is 12.1 Å². The molecule has 0 aliphatic heterocycles. The minimum Gasteiger partial charge on any atom is -0.324 e. The quantitative estimate of drug-likeness (QED) is 0.676. The number of fused-ring (bicyclic) bond motifs is 1. The smallest absolute Gasteiger partial charge is 0.0962 e. The molecular formula is C12H11N3S. The number of nitrogens with zero attached hydrogens (tertiary/aromatic N) is 3. The van der Waals surface area contributed by atoms with Crippen LogP contribution in [0.4, 0.5) is 0 Å².